The minimum atomic E-state index is -0.312. The first kappa shape index (κ1) is 17.0. The highest BCUT2D eigenvalue weighted by Crippen LogP contribution is 2.26. The number of H-pyrrole nitrogens is 2. The molecule has 0 aliphatic carbocycles. The molecule has 1 aromatic heterocycles. The highest BCUT2D eigenvalue weighted by Gasteiger charge is 2.08. The molecule has 3 N–H and O–H groups in total. The fourth-order valence-electron chi connectivity index (χ4n) is 2.98. The summed E-state index contributed by atoms with van der Waals surface area (Å²) in [6, 6.07) is 17.0. The van der Waals surface area contributed by atoms with Gasteiger partial charge in [0.2, 0.25) is 0 Å². The fourth-order valence-corrected chi connectivity index (χ4v) is 3.20. The second-order valence-electron chi connectivity index (χ2n) is 5.94. The maximum Gasteiger partial charge on any atom is 0.271 e. The molecule has 0 saturated heterocycles. The summed E-state index contributed by atoms with van der Waals surface area (Å²) in [5.41, 5.74) is 5.47. The number of methoxy groups -OCH3 is 1. The zero-order valence-corrected chi connectivity index (χ0v) is 15.3. The van der Waals surface area contributed by atoms with Crippen molar-refractivity contribution in [2.24, 2.45) is 5.10 Å². The van der Waals surface area contributed by atoms with Crippen LogP contribution in [0.2, 0.25) is 0 Å². The lowest BCUT2D eigenvalue weighted by Gasteiger charge is -2.08. The van der Waals surface area contributed by atoms with Crippen LogP contribution in [0.4, 0.5) is 0 Å². The van der Waals surface area contributed by atoms with Gasteiger partial charge in [0.15, 0.2) is 4.77 Å². The van der Waals surface area contributed by atoms with E-state index < -0.39 is 0 Å². The third-order valence-corrected chi connectivity index (χ3v) is 4.49. The van der Waals surface area contributed by atoms with Crippen molar-refractivity contribution in [2.75, 3.05) is 7.11 Å². The van der Waals surface area contributed by atoms with Crippen LogP contribution in [-0.4, -0.2) is 29.2 Å². The number of nitrogens with zero attached hydrogens (tertiary/aromatic N) is 1. The summed E-state index contributed by atoms with van der Waals surface area (Å²) in [7, 11) is 1.61. The lowest BCUT2D eigenvalue weighted by Crippen LogP contribution is -2.17. The molecule has 3 aromatic carbocycles. The van der Waals surface area contributed by atoms with Gasteiger partial charge >= 0.3 is 0 Å². The summed E-state index contributed by atoms with van der Waals surface area (Å²) in [4.78, 5) is 18.4. The molecule has 27 heavy (non-hydrogen) atoms. The molecule has 0 spiro atoms. The molecule has 0 unspecified atom stereocenters. The second kappa shape index (κ2) is 7.05. The number of nitrogens with one attached hydrogen (secondary N) is 3. The minimum absolute atomic E-state index is 0.312. The molecule has 134 valence electrons. The number of amides is 1. The first-order valence-electron chi connectivity index (χ1n) is 8.27. The number of fused-ring (bicyclic) bond motifs is 2. The topological polar surface area (TPSA) is 82.3 Å². The molecule has 0 saturated carbocycles. The first-order chi connectivity index (χ1) is 13.2. The number of hydrogen-bond donors (Lipinski definition) is 3. The van der Waals surface area contributed by atoms with Gasteiger partial charge in [0.05, 0.1) is 24.4 Å². The van der Waals surface area contributed by atoms with E-state index in [-0.39, 0.29) is 5.91 Å². The summed E-state index contributed by atoms with van der Waals surface area (Å²) in [5, 5.41) is 6.18. The van der Waals surface area contributed by atoms with E-state index in [0.717, 1.165) is 27.4 Å². The Kier molecular flexibility index (Phi) is 4.43. The molecule has 7 heteroatoms. The van der Waals surface area contributed by atoms with Gasteiger partial charge in [-0.3, -0.25) is 4.79 Å². The Balaban J connectivity index is 1.60. The molecule has 1 heterocycles. The van der Waals surface area contributed by atoms with Crippen LogP contribution in [0.3, 0.4) is 0 Å². The van der Waals surface area contributed by atoms with Crippen LogP contribution in [0.15, 0.2) is 59.7 Å². The van der Waals surface area contributed by atoms with Crippen molar-refractivity contribution in [3.05, 3.63) is 70.5 Å². The maximum absolute atomic E-state index is 12.4. The Bertz CT molecular complexity index is 1240. The summed E-state index contributed by atoms with van der Waals surface area (Å²) in [5.74, 6) is 0.376. The van der Waals surface area contributed by atoms with Gasteiger partial charge in [0.25, 0.3) is 5.91 Å². The maximum atomic E-state index is 12.4. The zero-order chi connectivity index (χ0) is 18.8. The summed E-state index contributed by atoms with van der Waals surface area (Å²) in [6.07, 6.45) is 1.60. The van der Waals surface area contributed by atoms with Crippen molar-refractivity contribution in [3.8, 4) is 5.75 Å². The molecular weight excluding hydrogens is 360 g/mol. The molecule has 0 radical (unpaired) electrons. The molecule has 0 atom stereocenters. The van der Waals surface area contributed by atoms with Crippen molar-refractivity contribution in [3.63, 3.8) is 0 Å². The number of hydrazone groups is 1. The Labute approximate surface area is 159 Å². The Morgan fingerprint density at radius 1 is 1.11 bits per heavy atom. The standard InChI is InChI=1S/C20H16N4O2S/c1-26-18-9-7-12-4-2-3-5-14(12)15(18)11-21-24-19(25)13-6-8-16-17(10-13)23-20(27)22-16/h2-11H,1H3,(H,24,25)(H2,22,23,27)/b21-11-. The minimum Gasteiger partial charge on any atom is -0.496 e. The van der Waals surface area contributed by atoms with Crippen molar-refractivity contribution >= 4 is 46.1 Å². The lowest BCUT2D eigenvalue weighted by atomic mass is 10.0. The molecule has 4 rings (SSSR count). The number of aromatic amines is 2. The number of imidazole rings is 1. The summed E-state index contributed by atoms with van der Waals surface area (Å²) < 4.78 is 5.94. The summed E-state index contributed by atoms with van der Waals surface area (Å²) in [6.45, 7) is 0. The molecule has 0 aliphatic rings. The van der Waals surface area contributed by atoms with Gasteiger partial charge in [-0.1, -0.05) is 30.3 Å². The normalized spacial score (nSPS) is 11.3. The number of benzene rings is 3. The average molecular weight is 376 g/mol. The predicted molar refractivity (Wildman–Crippen MR) is 109 cm³/mol. The molecular formula is C20H16N4O2S. The smallest absolute Gasteiger partial charge is 0.271 e. The number of rotatable bonds is 4. The third-order valence-electron chi connectivity index (χ3n) is 4.29. The Morgan fingerprint density at radius 3 is 2.78 bits per heavy atom. The Morgan fingerprint density at radius 2 is 1.93 bits per heavy atom. The number of carbonyl (C=O) groups excluding carboxylic acids is 1. The lowest BCUT2D eigenvalue weighted by molar-refractivity contribution is 0.0955. The van der Waals surface area contributed by atoms with Crippen LogP contribution >= 0.6 is 12.2 Å². The van der Waals surface area contributed by atoms with E-state index in [9.17, 15) is 4.79 Å². The fraction of sp³-hybridized carbons (Fsp3) is 0.0500. The molecule has 4 aromatic rings. The van der Waals surface area contributed by atoms with Crippen molar-refractivity contribution in [2.45, 2.75) is 0 Å². The average Bonchev–Trinajstić information content (AvgIpc) is 3.07. The largest absolute Gasteiger partial charge is 0.496 e. The highest BCUT2D eigenvalue weighted by atomic mass is 32.1. The molecule has 0 bridgehead atoms. The van der Waals surface area contributed by atoms with E-state index >= 15 is 0 Å². The number of carbonyl (C=O) groups is 1. The van der Waals surface area contributed by atoms with Crippen molar-refractivity contribution in [1.29, 1.82) is 0 Å². The van der Waals surface area contributed by atoms with Gasteiger partial charge in [-0.2, -0.15) is 5.10 Å². The Hall–Kier alpha value is -3.45. The van der Waals surface area contributed by atoms with E-state index in [1.165, 1.54) is 0 Å². The zero-order valence-electron chi connectivity index (χ0n) is 14.4. The molecule has 1 amide bonds. The van der Waals surface area contributed by atoms with Gasteiger partial charge < -0.3 is 14.7 Å². The van der Waals surface area contributed by atoms with Gasteiger partial charge in [-0.25, -0.2) is 5.43 Å². The number of hydrogen-bond acceptors (Lipinski definition) is 4. The van der Waals surface area contributed by atoms with Crippen LogP contribution in [0.5, 0.6) is 5.75 Å². The predicted octanol–water partition coefficient (Wildman–Crippen LogP) is 4.15. The van der Waals surface area contributed by atoms with E-state index in [4.69, 9.17) is 17.0 Å². The van der Waals surface area contributed by atoms with Crippen molar-refractivity contribution < 1.29 is 9.53 Å². The van der Waals surface area contributed by atoms with Crippen LogP contribution in [0.1, 0.15) is 15.9 Å². The van der Waals surface area contributed by atoms with E-state index in [2.05, 4.69) is 20.5 Å². The van der Waals surface area contributed by atoms with E-state index in [0.29, 0.717) is 16.1 Å². The third kappa shape index (κ3) is 3.32. The van der Waals surface area contributed by atoms with Crippen LogP contribution in [0, 0.1) is 4.77 Å². The monoisotopic (exact) mass is 376 g/mol. The van der Waals surface area contributed by atoms with Crippen LogP contribution in [0.25, 0.3) is 21.8 Å². The second-order valence-corrected chi connectivity index (χ2v) is 6.35. The van der Waals surface area contributed by atoms with Gasteiger partial charge in [0, 0.05) is 11.1 Å². The molecule has 0 fully saturated rings. The van der Waals surface area contributed by atoms with Crippen molar-refractivity contribution in [1.82, 2.24) is 15.4 Å². The molecule has 0 aliphatic heterocycles. The van der Waals surface area contributed by atoms with E-state index in [1.807, 2.05) is 36.4 Å². The highest BCUT2D eigenvalue weighted by molar-refractivity contribution is 7.71. The van der Waals surface area contributed by atoms with E-state index in [1.54, 1.807) is 31.5 Å². The van der Waals surface area contributed by atoms with Gasteiger partial charge in [-0.15, -0.1) is 0 Å². The molecule has 6 nitrogen and oxygen atoms in total. The SMILES string of the molecule is COc1ccc2ccccc2c1/C=N\NC(=O)c1ccc2[nH]c(=S)[nH]c2c1. The van der Waals surface area contributed by atoms with Crippen LogP contribution in [-0.2, 0) is 0 Å². The van der Waals surface area contributed by atoms with Gasteiger partial charge in [0.1, 0.15) is 5.75 Å². The van der Waals surface area contributed by atoms with Gasteiger partial charge in [-0.05, 0) is 47.3 Å². The quantitative estimate of drug-likeness (QED) is 0.284. The number of ether oxygens (including phenoxy) is 1. The summed E-state index contributed by atoms with van der Waals surface area (Å²) >= 11 is 5.06. The first-order valence-corrected chi connectivity index (χ1v) is 8.68. The van der Waals surface area contributed by atoms with Crippen LogP contribution < -0.4 is 10.2 Å². The number of aromatic nitrogens is 2.